The lowest BCUT2D eigenvalue weighted by molar-refractivity contribution is -0.146. The third-order valence-corrected chi connectivity index (χ3v) is 4.28. The Kier molecular flexibility index (Phi) is 3.87. The van der Waals surface area contributed by atoms with Crippen molar-refractivity contribution < 1.29 is 9.53 Å². The van der Waals surface area contributed by atoms with Gasteiger partial charge < -0.3 is 10.5 Å². The molecule has 1 saturated carbocycles. The second-order valence-electron chi connectivity index (χ2n) is 4.67. The fraction of sp³-hybridized carbons (Fsp3) is 0.583. The average Bonchev–Trinajstić information content (AvgIpc) is 2.74. The molecule has 0 saturated heterocycles. The van der Waals surface area contributed by atoms with Crippen LogP contribution in [0.15, 0.2) is 17.6 Å². The molecular formula is C12H17N3O2S. The Morgan fingerprint density at radius 1 is 1.56 bits per heavy atom. The van der Waals surface area contributed by atoms with E-state index in [9.17, 15) is 4.79 Å². The molecule has 1 aliphatic carbocycles. The largest absolute Gasteiger partial charge is 0.468 e. The topological polar surface area (TPSA) is 78.1 Å². The van der Waals surface area contributed by atoms with E-state index in [4.69, 9.17) is 10.5 Å². The van der Waals surface area contributed by atoms with Crippen molar-refractivity contribution in [1.82, 2.24) is 9.97 Å². The smallest absolute Gasteiger partial charge is 0.325 e. The van der Waals surface area contributed by atoms with E-state index in [2.05, 4.69) is 9.97 Å². The van der Waals surface area contributed by atoms with Crippen LogP contribution in [0.5, 0.6) is 0 Å². The van der Waals surface area contributed by atoms with Crippen LogP contribution in [0, 0.1) is 6.92 Å². The highest BCUT2D eigenvalue weighted by Crippen LogP contribution is 2.38. The second-order valence-corrected chi connectivity index (χ2v) is 5.94. The number of hydrogen-bond donors (Lipinski definition) is 1. The summed E-state index contributed by atoms with van der Waals surface area (Å²) in [5.74, 6) is -0.324. The molecule has 0 radical (unpaired) electrons. The van der Waals surface area contributed by atoms with Gasteiger partial charge in [-0.15, -0.1) is 0 Å². The van der Waals surface area contributed by atoms with Gasteiger partial charge in [0.15, 0.2) is 5.16 Å². The Morgan fingerprint density at radius 2 is 2.22 bits per heavy atom. The molecule has 0 aliphatic heterocycles. The molecule has 1 fully saturated rings. The van der Waals surface area contributed by atoms with Gasteiger partial charge in [0.2, 0.25) is 0 Å². The SMILES string of the molecule is COC(=O)C1(N)CCC(Sc2ncc(C)cn2)C1. The van der Waals surface area contributed by atoms with Gasteiger partial charge in [0, 0.05) is 17.6 Å². The molecule has 0 amide bonds. The van der Waals surface area contributed by atoms with Crippen molar-refractivity contribution in [3.8, 4) is 0 Å². The van der Waals surface area contributed by atoms with E-state index >= 15 is 0 Å². The average molecular weight is 267 g/mol. The summed E-state index contributed by atoms with van der Waals surface area (Å²) in [5, 5.41) is 1.01. The van der Waals surface area contributed by atoms with Gasteiger partial charge >= 0.3 is 5.97 Å². The number of ether oxygens (including phenoxy) is 1. The van der Waals surface area contributed by atoms with Crippen LogP contribution < -0.4 is 5.73 Å². The van der Waals surface area contributed by atoms with Gasteiger partial charge in [-0.3, -0.25) is 4.79 Å². The number of carbonyl (C=O) groups is 1. The first-order valence-corrected chi connectivity index (χ1v) is 6.74. The van der Waals surface area contributed by atoms with Crippen molar-refractivity contribution in [1.29, 1.82) is 0 Å². The quantitative estimate of drug-likeness (QED) is 0.657. The number of methoxy groups -OCH3 is 1. The molecule has 2 N–H and O–H groups in total. The fourth-order valence-electron chi connectivity index (χ4n) is 2.11. The molecule has 6 heteroatoms. The summed E-state index contributed by atoms with van der Waals surface area (Å²) in [7, 11) is 1.38. The Labute approximate surface area is 111 Å². The number of aryl methyl sites for hydroxylation is 1. The molecule has 1 aliphatic rings. The Hall–Kier alpha value is -1.14. The molecule has 18 heavy (non-hydrogen) atoms. The number of hydrogen-bond acceptors (Lipinski definition) is 6. The predicted octanol–water partition coefficient (Wildman–Crippen LogP) is 1.30. The van der Waals surface area contributed by atoms with Gasteiger partial charge in [0.25, 0.3) is 0 Å². The molecule has 1 aromatic rings. The van der Waals surface area contributed by atoms with Gasteiger partial charge in [0.05, 0.1) is 7.11 Å². The molecule has 0 aromatic carbocycles. The molecule has 5 nitrogen and oxygen atoms in total. The van der Waals surface area contributed by atoms with Crippen LogP contribution >= 0.6 is 11.8 Å². The fourth-order valence-corrected chi connectivity index (χ4v) is 3.25. The van der Waals surface area contributed by atoms with Crippen LogP contribution in [0.25, 0.3) is 0 Å². The molecule has 2 atom stereocenters. The van der Waals surface area contributed by atoms with E-state index in [1.807, 2.05) is 6.92 Å². The van der Waals surface area contributed by atoms with Crippen LogP contribution in [0.3, 0.4) is 0 Å². The third kappa shape index (κ3) is 2.81. The molecular weight excluding hydrogens is 250 g/mol. The summed E-state index contributed by atoms with van der Waals surface area (Å²) in [4.78, 5) is 20.1. The minimum absolute atomic E-state index is 0.275. The molecule has 0 spiro atoms. The van der Waals surface area contributed by atoms with E-state index in [1.165, 1.54) is 7.11 Å². The summed E-state index contributed by atoms with van der Waals surface area (Å²) in [6.45, 7) is 1.95. The number of nitrogens with two attached hydrogens (primary N) is 1. The number of thioether (sulfide) groups is 1. The molecule has 0 bridgehead atoms. The first kappa shape index (κ1) is 13.3. The maximum absolute atomic E-state index is 11.6. The lowest BCUT2D eigenvalue weighted by atomic mass is 10.00. The first-order chi connectivity index (χ1) is 8.53. The Balaban J connectivity index is 1.97. The Morgan fingerprint density at radius 3 is 2.83 bits per heavy atom. The van der Waals surface area contributed by atoms with Gasteiger partial charge in [0.1, 0.15) is 5.54 Å². The van der Waals surface area contributed by atoms with Crippen molar-refractivity contribution in [2.45, 2.75) is 42.1 Å². The summed E-state index contributed by atoms with van der Waals surface area (Å²) in [6.07, 6.45) is 5.73. The van der Waals surface area contributed by atoms with E-state index in [0.717, 1.165) is 17.1 Å². The first-order valence-electron chi connectivity index (χ1n) is 5.86. The van der Waals surface area contributed by atoms with Crippen molar-refractivity contribution >= 4 is 17.7 Å². The lowest BCUT2D eigenvalue weighted by Gasteiger charge is -2.20. The standard InChI is InChI=1S/C12H17N3O2S/c1-8-6-14-11(15-7-8)18-9-3-4-12(13,5-9)10(16)17-2/h6-7,9H,3-5,13H2,1-2H3. The minimum atomic E-state index is -0.836. The number of aromatic nitrogens is 2. The number of esters is 1. The van der Waals surface area contributed by atoms with Crippen molar-refractivity contribution in [3.63, 3.8) is 0 Å². The van der Waals surface area contributed by atoms with Crippen molar-refractivity contribution in [3.05, 3.63) is 18.0 Å². The minimum Gasteiger partial charge on any atom is -0.468 e. The van der Waals surface area contributed by atoms with E-state index < -0.39 is 5.54 Å². The third-order valence-electron chi connectivity index (χ3n) is 3.13. The van der Waals surface area contributed by atoms with Crippen LogP contribution in [-0.4, -0.2) is 33.8 Å². The number of nitrogens with zero attached hydrogens (tertiary/aromatic N) is 2. The van der Waals surface area contributed by atoms with E-state index in [-0.39, 0.29) is 11.2 Å². The highest BCUT2D eigenvalue weighted by molar-refractivity contribution is 7.99. The zero-order valence-electron chi connectivity index (χ0n) is 10.5. The van der Waals surface area contributed by atoms with Gasteiger partial charge in [-0.05, 0) is 31.7 Å². The van der Waals surface area contributed by atoms with Crippen LogP contribution in [0.2, 0.25) is 0 Å². The molecule has 1 heterocycles. The van der Waals surface area contributed by atoms with Crippen LogP contribution in [0.4, 0.5) is 0 Å². The summed E-state index contributed by atoms with van der Waals surface area (Å²) in [5.41, 5.74) is 6.25. The van der Waals surface area contributed by atoms with Crippen LogP contribution in [0.1, 0.15) is 24.8 Å². The summed E-state index contributed by atoms with van der Waals surface area (Å²) < 4.78 is 4.75. The summed E-state index contributed by atoms with van der Waals surface area (Å²) in [6, 6.07) is 0. The van der Waals surface area contributed by atoms with Gasteiger partial charge in [-0.2, -0.15) is 0 Å². The molecule has 2 rings (SSSR count). The zero-order chi connectivity index (χ0) is 13.2. The van der Waals surface area contributed by atoms with Crippen molar-refractivity contribution in [2.75, 3.05) is 7.11 Å². The van der Waals surface area contributed by atoms with Crippen LogP contribution in [-0.2, 0) is 9.53 Å². The Bertz CT molecular complexity index is 437. The maximum Gasteiger partial charge on any atom is 0.325 e. The van der Waals surface area contributed by atoms with Gasteiger partial charge in [-0.25, -0.2) is 9.97 Å². The van der Waals surface area contributed by atoms with Gasteiger partial charge in [-0.1, -0.05) is 11.8 Å². The second kappa shape index (κ2) is 5.24. The lowest BCUT2D eigenvalue weighted by Crippen LogP contribution is -2.46. The van der Waals surface area contributed by atoms with E-state index in [1.54, 1.807) is 24.2 Å². The highest BCUT2D eigenvalue weighted by Gasteiger charge is 2.43. The molecule has 2 unspecified atom stereocenters. The highest BCUT2D eigenvalue weighted by atomic mass is 32.2. The normalized spacial score (nSPS) is 27.2. The number of rotatable bonds is 3. The monoisotopic (exact) mass is 267 g/mol. The van der Waals surface area contributed by atoms with Crippen molar-refractivity contribution in [2.24, 2.45) is 5.73 Å². The van der Waals surface area contributed by atoms with E-state index in [0.29, 0.717) is 12.8 Å². The summed E-state index contributed by atoms with van der Waals surface area (Å²) >= 11 is 1.58. The predicted molar refractivity (Wildman–Crippen MR) is 69.2 cm³/mol. The maximum atomic E-state index is 11.6. The molecule has 1 aromatic heterocycles. The number of carbonyl (C=O) groups excluding carboxylic acids is 1. The molecule has 98 valence electrons. The zero-order valence-corrected chi connectivity index (χ0v) is 11.4.